The molecule has 1 unspecified atom stereocenters. The number of nitrogens with one attached hydrogen (secondary N) is 2. The summed E-state index contributed by atoms with van der Waals surface area (Å²) in [6, 6.07) is 6.43. The predicted octanol–water partition coefficient (Wildman–Crippen LogP) is 2.64. The summed E-state index contributed by atoms with van der Waals surface area (Å²) >= 11 is 0. The SMILES string of the molecule is CN=C(NCCCC1CC1)NC1CCN(c2cc(OC)cc(OC)c2)C1. The van der Waals surface area contributed by atoms with Crippen molar-refractivity contribution >= 4 is 11.6 Å². The number of benzene rings is 1. The summed E-state index contributed by atoms with van der Waals surface area (Å²) in [6.45, 7) is 2.95. The van der Waals surface area contributed by atoms with Crippen molar-refractivity contribution in [2.45, 2.75) is 38.1 Å². The zero-order chi connectivity index (χ0) is 18.4. The zero-order valence-corrected chi connectivity index (χ0v) is 16.3. The molecule has 1 aromatic rings. The number of methoxy groups -OCH3 is 2. The minimum atomic E-state index is 0.391. The average Bonchev–Trinajstić information content (AvgIpc) is 3.39. The second-order valence-electron chi connectivity index (χ2n) is 7.23. The molecule has 6 heteroatoms. The van der Waals surface area contributed by atoms with Crippen LogP contribution in [0.1, 0.15) is 32.1 Å². The monoisotopic (exact) mass is 360 g/mol. The molecule has 0 bridgehead atoms. The Bertz CT molecular complexity index is 594. The van der Waals surface area contributed by atoms with E-state index in [0.717, 1.165) is 55.1 Å². The third kappa shape index (κ3) is 5.19. The van der Waals surface area contributed by atoms with Gasteiger partial charge in [-0.2, -0.15) is 0 Å². The number of aliphatic imine (C=N–C) groups is 1. The maximum absolute atomic E-state index is 5.39. The van der Waals surface area contributed by atoms with Crippen molar-refractivity contribution in [1.29, 1.82) is 0 Å². The van der Waals surface area contributed by atoms with Crippen LogP contribution in [0, 0.1) is 5.92 Å². The molecule has 2 aliphatic rings. The molecule has 0 spiro atoms. The standard InChI is InChI=1S/C20H32N4O2/c1-21-20(22-9-4-5-15-6-7-15)23-16-8-10-24(14-16)17-11-18(25-2)13-19(12-17)26-3/h11-13,15-16H,4-10,14H2,1-3H3,(H2,21,22,23). The van der Waals surface area contributed by atoms with Crippen molar-refractivity contribution in [3.63, 3.8) is 0 Å². The van der Waals surface area contributed by atoms with Crippen molar-refractivity contribution < 1.29 is 9.47 Å². The first-order valence-corrected chi connectivity index (χ1v) is 9.67. The molecule has 2 fully saturated rings. The van der Waals surface area contributed by atoms with Crippen LogP contribution >= 0.6 is 0 Å². The molecule has 3 rings (SSSR count). The van der Waals surface area contributed by atoms with E-state index in [2.05, 4.69) is 32.7 Å². The molecule has 1 aliphatic carbocycles. The van der Waals surface area contributed by atoms with E-state index in [0.29, 0.717) is 6.04 Å². The lowest BCUT2D eigenvalue weighted by molar-refractivity contribution is 0.394. The molecular weight excluding hydrogens is 328 g/mol. The second kappa shape index (κ2) is 9.01. The van der Waals surface area contributed by atoms with Gasteiger partial charge in [-0.15, -0.1) is 0 Å². The third-order valence-corrected chi connectivity index (χ3v) is 5.23. The molecule has 26 heavy (non-hydrogen) atoms. The van der Waals surface area contributed by atoms with Crippen LogP contribution in [-0.2, 0) is 0 Å². The highest BCUT2D eigenvalue weighted by molar-refractivity contribution is 5.80. The lowest BCUT2D eigenvalue weighted by Gasteiger charge is -2.21. The fourth-order valence-electron chi connectivity index (χ4n) is 3.48. The Labute approximate surface area is 157 Å². The Morgan fingerprint density at radius 1 is 1.15 bits per heavy atom. The van der Waals surface area contributed by atoms with Crippen LogP contribution in [0.25, 0.3) is 0 Å². The Balaban J connectivity index is 1.49. The molecular formula is C20H32N4O2. The zero-order valence-electron chi connectivity index (χ0n) is 16.3. The van der Waals surface area contributed by atoms with Gasteiger partial charge in [-0.25, -0.2) is 0 Å². The van der Waals surface area contributed by atoms with Gasteiger partial charge in [-0.1, -0.05) is 12.8 Å². The smallest absolute Gasteiger partial charge is 0.191 e. The van der Waals surface area contributed by atoms with E-state index in [-0.39, 0.29) is 0 Å². The molecule has 0 radical (unpaired) electrons. The van der Waals surface area contributed by atoms with Crippen molar-refractivity contribution in [3.05, 3.63) is 18.2 Å². The van der Waals surface area contributed by atoms with Crippen molar-refractivity contribution in [1.82, 2.24) is 10.6 Å². The maximum Gasteiger partial charge on any atom is 0.191 e. The summed E-state index contributed by atoms with van der Waals surface area (Å²) in [6.07, 6.45) is 6.52. The van der Waals surface area contributed by atoms with E-state index < -0.39 is 0 Å². The van der Waals surface area contributed by atoms with Crippen LogP contribution in [0.4, 0.5) is 5.69 Å². The maximum atomic E-state index is 5.39. The van der Waals surface area contributed by atoms with Crippen LogP contribution in [0.5, 0.6) is 11.5 Å². The lowest BCUT2D eigenvalue weighted by atomic mass is 10.2. The molecule has 1 aromatic carbocycles. The molecule has 144 valence electrons. The van der Waals surface area contributed by atoms with E-state index in [9.17, 15) is 0 Å². The molecule has 2 N–H and O–H groups in total. The first kappa shape index (κ1) is 18.7. The minimum absolute atomic E-state index is 0.391. The van der Waals surface area contributed by atoms with E-state index in [1.54, 1.807) is 14.2 Å². The van der Waals surface area contributed by atoms with Gasteiger partial charge in [0.1, 0.15) is 11.5 Å². The molecule has 1 saturated carbocycles. The molecule has 0 amide bonds. The van der Waals surface area contributed by atoms with Crippen molar-refractivity contribution in [3.8, 4) is 11.5 Å². The third-order valence-electron chi connectivity index (χ3n) is 5.23. The minimum Gasteiger partial charge on any atom is -0.497 e. The fourth-order valence-corrected chi connectivity index (χ4v) is 3.48. The van der Waals surface area contributed by atoms with Gasteiger partial charge in [0.2, 0.25) is 0 Å². The normalized spacial score (nSPS) is 20.2. The van der Waals surface area contributed by atoms with Crippen LogP contribution in [0.3, 0.4) is 0 Å². The first-order valence-electron chi connectivity index (χ1n) is 9.67. The lowest BCUT2D eigenvalue weighted by Crippen LogP contribution is -2.44. The summed E-state index contributed by atoms with van der Waals surface area (Å²) in [5.74, 6) is 3.55. The van der Waals surface area contributed by atoms with Gasteiger partial charge in [-0.05, 0) is 25.2 Å². The van der Waals surface area contributed by atoms with Gasteiger partial charge in [0.15, 0.2) is 5.96 Å². The molecule has 0 aromatic heterocycles. The summed E-state index contributed by atoms with van der Waals surface area (Å²) in [4.78, 5) is 6.74. The second-order valence-corrected chi connectivity index (χ2v) is 7.23. The Morgan fingerprint density at radius 2 is 1.88 bits per heavy atom. The van der Waals surface area contributed by atoms with E-state index in [1.165, 1.54) is 25.7 Å². The largest absolute Gasteiger partial charge is 0.497 e. The topological polar surface area (TPSA) is 58.1 Å². The summed E-state index contributed by atoms with van der Waals surface area (Å²) in [7, 11) is 5.22. The number of rotatable bonds is 8. The number of nitrogens with zero attached hydrogens (tertiary/aromatic N) is 2. The van der Waals surface area contributed by atoms with Gasteiger partial charge in [0.05, 0.1) is 14.2 Å². The number of ether oxygens (including phenoxy) is 2. The molecule has 1 heterocycles. The van der Waals surface area contributed by atoms with Gasteiger partial charge >= 0.3 is 0 Å². The van der Waals surface area contributed by atoms with E-state index in [4.69, 9.17) is 9.47 Å². The molecule has 1 aliphatic heterocycles. The van der Waals surface area contributed by atoms with Gasteiger partial charge in [-0.3, -0.25) is 4.99 Å². The highest BCUT2D eigenvalue weighted by atomic mass is 16.5. The Hall–Kier alpha value is -2.11. The van der Waals surface area contributed by atoms with Crippen molar-refractivity contribution in [2.75, 3.05) is 45.8 Å². The summed E-state index contributed by atoms with van der Waals surface area (Å²) in [5, 5.41) is 7.01. The summed E-state index contributed by atoms with van der Waals surface area (Å²) in [5.41, 5.74) is 1.14. The highest BCUT2D eigenvalue weighted by Crippen LogP contribution is 2.33. The first-order chi connectivity index (χ1) is 12.7. The Kier molecular flexibility index (Phi) is 6.47. The van der Waals surface area contributed by atoms with Gasteiger partial charge < -0.3 is 25.0 Å². The quantitative estimate of drug-likeness (QED) is 0.424. The molecule has 1 atom stereocenters. The Morgan fingerprint density at radius 3 is 2.50 bits per heavy atom. The predicted molar refractivity (Wildman–Crippen MR) is 107 cm³/mol. The summed E-state index contributed by atoms with van der Waals surface area (Å²) < 4.78 is 10.8. The number of hydrogen-bond acceptors (Lipinski definition) is 4. The average molecular weight is 361 g/mol. The van der Waals surface area contributed by atoms with Crippen LogP contribution in [-0.4, -0.2) is 52.9 Å². The van der Waals surface area contributed by atoms with Crippen LogP contribution < -0.4 is 25.0 Å². The molecule has 6 nitrogen and oxygen atoms in total. The number of hydrogen-bond donors (Lipinski definition) is 2. The van der Waals surface area contributed by atoms with Crippen LogP contribution in [0.15, 0.2) is 23.2 Å². The van der Waals surface area contributed by atoms with Crippen LogP contribution in [0.2, 0.25) is 0 Å². The number of anilines is 1. The number of guanidine groups is 1. The van der Waals surface area contributed by atoms with Gasteiger partial charge in [0, 0.05) is 56.6 Å². The highest BCUT2D eigenvalue weighted by Gasteiger charge is 2.24. The molecule has 1 saturated heterocycles. The van der Waals surface area contributed by atoms with Gasteiger partial charge in [0.25, 0.3) is 0 Å². The van der Waals surface area contributed by atoms with E-state index >= 15 is 0 Å². The van der Waals surface area contributed by atoms with Crippen molar-refractivity contribution in [2.24, 2.45) is 10.9 Å². The fraction of sp³-hybridized carbons (Fsp3) is 0.650. The van der Waals surface area contributed by atoms with E-state index in [1.807, 2.05) is 13.1 Å².